The van der Waals surface area contributed by atoms with Crippen molar-refractivity contribution in [2.24, 2.45) is 13.0 Å². The van der Waals surface area contributed by atoms with E-state index in [2.05, 4.69) is 41.3 Å². The Morgan fingerprint density at radius 3 is 2.79 bits per heavy atom. The maximum Gasteiger partial charge on any atom is 0.406 e. The summed E-state index contributed by atoms with van der Waals surface area (Å²) in [6.45, 7) is 4.08. The van der Waals surface area contributed by atoms with Crippen LogP contribution >= 0.6 is 0 Å². The summed E-state index contributed by atoms with van der Waals surface area (Å²) in [5.41, 5.74) is -1.65. The number of pyridine rings is 1. The van der Waals surface area contributed by atoms with Crippen molar-refractivity contribution in [2.75, 3.05) is 38.7 Å². The number of nitrogens with zero attached hydrogens (tertiary/aromatic N) is 5. The van der Waals surface area contributed by atoms with Gasteiger partial charge in [-0.05, 0) is 58.0 Å². The van der Waals surface area contributed by atoms with Gasteiger partial charge in [0.1, 0.15) is 17.2 Å². The molecule has 210 valence electrons. The van der Waals surface area contributed by atoms with E-state index in [0.29, 0.717) is 43.7 Å². The monoisotopic (exact) mass is 537 g/mol. The van der Waals surface area contributed by atoms with Crippen LogP contribution < -0.4 is 21.3 Å². The maximum atomic E-state index is 14.1. The third-order valence-electron chi connectivity index (χ3n) is 7.76. The van der Waals surface area contributed by atoms with Gasteiger partial charge in [-0.2, -0.15) is 13.2 Å². The van der Waals surface area contributed by atoms with Gasteiger partial charge in [-0.1, -0.05) is 13.3 Å². The van der Waals surface area contributed by atoms with Crippen molar-refractivity contribution in [3.63, 3.8) is 0 Å². The SMILES string of the molecule is CCCC1(C(F)(F)F)NCCCC1CNC(=O)c1ccnc(NCc2nnc(C3CCNCN3C)n2C)c1. The molecule has 3 atom stereocenters. The second kappa shape index (κ2) is 12.0. The molecule has 0 saturated carbocycles. The molecule has 4 rings (SSSR count). The Kier molecular flexibility index (Phi) is 8.89. The van der Waals surface area contributed by atoms with E-state index in [1.54, 1.807) is 19.1 Å². The van der Waals surface area contributed by atoms with Gasteiger partial charge in [-0.15, -0.1) is 10.2 Å². The summed E-state index contributed by atoms with van der Waals surface area (Å²) in [4.78, 5) is 19.4. The standard InChI is InChI=1S/C25H38F3N9O/c1-4-9-24(25(26,27)28)18(6-5-10-33-24)14-32-23(38)17-7-12-30-20(13-17)31-15-21-34-35-22(37(21)3)19-8-11-29-16-36(19)2/h7,12-13,18-19,29,33H,4-6,8-11,14-16H2,1-3H3,(H,30,31)(H,32,38). The Morgan fingerprint density at radius 1 is 1.24 bits per heavy atom. The molecule has 0 spiro atoms. The van der Waals surface area contributed by atoms with Crippen LogP contribution in [0.4, 0.5) is 19.0 Å². The third-order valence-corrected chi connectivity index (χ3v) is 7.76. The molecule has 0 aromatic carbocycles. The summed E-state index contributed by atoms with van der Waals surface area (Å²) >= 11 is 0. The summed E-state index contributed by atoms with van der Waals surface area (Å²) < 4.78 is 44.3. The van der Waals surface area contributed by atoms with E-state index in [4.69, 9.17) is 0 Å². The van der Waals surface area contributed by atoms with Gasteiger partial charge >= 0.3 is 6.18 Å². The number of alkyl halides is 3. The van der Waals surface area contributed by atoms with Crippen molar-refractivity contribution >= 4 is 11.7 Å². The molecule has 2 aromatic rings. The molecular weight excluding hydrogens is 499 g/mol. The lowest BCUT2D eigenvalue weighted by Crippen LogP contribution is -2.65. The Morgan fingerprint density at radius 2 is 2.05 bits per heavy atom. The lowest BCUT2D eigenvalue weighted by Gasteiger charge is -2.46. The van der Waals surface area contributed by atoms with E-state index in [-0.39, 0.29) is 19.0 Å². The van der Waals surface area contributed by atoms with Gasteiger partial charge in [0, 0.05) is 37.9 Å². The van der Waals surface area contributed by atoms with Crippen molar-refractivity contribution in [3.05, 3.63) is 35.5 Å². The Balaban J connectivity index is 1.38. The Hall–Kier alpha value is -2.77. The van der Waals surface area contributed by atoms with Gasteiger partial charge in [0.05, 0.1) is 12.6 Å². The van der Waals surface area contributed by atoms with Crippen LogP contribution in [0.2, 0.25) is 0 Å². The molecule has 0 aliphatic carbocycles. The number of carbonyl (C=O) groups is 1. The molecular formula is C25H38F3N9O. The van der Waals surface area contributed by atoms with Crippen LogP contribution in [-0.4, -0.2) is 75.6 Å². The fourth-order valence-corrected chi connectivity index (χ4v) is 5.61. The summed E-state index contributed by atoms with van der Waals surface area (Å²) in [5.74, 6) is 0.929. The number of rotatable bonds is 9. The minimum absolute atomic E-state index is 0.0158. The molecule has 0 radical (unpaired) electrons. The van der Waals surface area contributed by atoms with Crippen LogP contribution in [0.5, 0.6) is 0 Å². The molecule has 38 heavy (non-hydrogen) atoms. The number of hydrogen-bond acceptors (Lipinski definition) is 8. The lowest BCUT2D eigenvalue weighted by molar-refractivity contribution is -0.220. The van der Waals surface area contributed by atoms with Crippen LogP contribution in [0.25, 0.3) is 0 Å². The summed E-state index contributed by atoms with van der Waals surface area (Å²) in [6.07, 6.45) is -0.520. The highest BCUT2D eigenvalue weighted by Crippen LogP contribution is 2.43. The van der Waals surface area contributed by atoms with Crippen LogP contribution in [0.15, 0.2) is 18.3 Å². The predicted octanol–water partition coefficient (Wildman–Crippen LogP) is 2.58. The molecule has 2 aromatic heterocycles. The molecule has 4 heterocycles. The zero-order valence-corrected chi connectivity index (χ0v) is 22.2. The average Bonchev–Trinajstić information content (AvgIpc) is 3.26. The van der Waals surface area contributed by atoms with Gasteiger partial charge in [0.2, 0.25) is 0 Å². The Labute approximate surface area is 221 Å². The zero-order chi connectivity index (χ0) is 27.3. The molecule has 3 unspecified atom stereocenters. The molecule has 0 bridgehead atoms. The number of piperidine rings is 1. The van der Waals surface area contributed by atoms with Gasteiger partial charge in [-0.25, -0.2) is 4.98 Å². The first-order valence-corrected chi connectivity index (χ1v) is 13.2. The van der Waals surface area contributed by atoms with E-state index in [1.807, 2.05) is 18.7 Å². The zero-order valence-electron chi connectivity index (χ0n) is 22.2. The van der Waals surface area contributed by atoms with Gasteiger partial charge < -0.3 is 25.8 Å². The highest BCUT2D eigenvalue weighted by Gasteiger charge is 2.59. The van der Waals surface area contributed by atoms with Gasteiger partial charge in [-0.3, -0.25) is 9.69 Å². The number of hydrogen-bond donors (Lipinski definition) is 4. The van der Waals surface area contributed by atoms with Crippen LogP contribution in [0.1, 0.15) is 67.1 Å². The van der Waals surface area contributed by atoms with E-state index >= 15 is 0 Å². The molecule has 13 heteroatoms. The molecule has 2 fully saturated rings. The van der Waals surface area contributed by atoms with Crippen LogP contribution in [0, 0.1) is 5.92 Å². The van der Waals surface area contributed by atoms with Gasteiger partial charge in [0.15, 0.2) is 5.82 Å². The Bertz CT molecular complexity index is 1090. The highest BCUT2D eigenvalue weighted by molar-refractivity contribution is 5.94. The van der Waals surface area contributed by atoms with Crippen molar-refractivity contribution in [3.8, 4) is 0 Å². The van der Waals surface area contributed by atoms with E-state index in [0.717, 1.165) is 31.3 Å². The quantitative estimate of drug-likeness (QED) is 0.386. The fraction of sp³-hybridized carbons (Fsp3) is 0.680. The lowest BCUT2D eigenvalue weighted by atomic mass is 9.74. The number of amides is 1. The predicted molar refractivity (Wildman–Crippen MR) is 137 cm³/mol. The second-order valence-corrected chi connectivity index (χ2v) is 10.2. The first kappa shape index (κ1) is 28.2. The fourth-order valence-electron chi connectivity index (χ4n) is 5.61. The molecule has 1 amide bonds. The largest absolute Gasteiger partial charge is 0.406 e. The number of halogens is 3. The van der Waals surface area contributed by atoms with Crippen LogP contribution in [0.3, 0.4) is 0 Å². The minimum Gasteiger partial charge on any atom is -0.363 e. The van der Waals surface area contributed by atoms with E-state index < -0.39 is 23.5 Å². The van der Waals surface area contributed by atoms with E-state index in [1.165, 1.54) is 6.20 Å². The second-order valence-electron chi connectivity index (χ2n) is 10.2. The van der Waals surface area contributed by atoms with E-state index in [9.17, 15) is 18.0 Å². The number of nitrogens with one attached hydrogen (secondary N) is 4. The topological polar surface area (TPSA) is 112 Å². The molecule has 2 aliphatic heterocycles. The van der Waals surface area contributed by atoms with Crippen molar-refractivity contribution in [2.45, 2.75) is 63.3 Å². The molecule has 4 N–H and O–H groups in total. The summed E-state index contributed by atoms with van der Waals surface area (Å²) in [5, 5.41) is 20.7. The van der Waals surface area contributed by atoms with Crippen molar-refractivity contribution < 1.29 is 18.0 Å². The third kappa shape index (κ3) is 5.94. The summed E-state index contributed by atoms with van der Waals surface area (Å²) in [7, 11) is 3.97. The molecule has 2 saturated heterocycles. The van der Waals surface area contributed by atoms with Crippen molar-refractivity contribution in [1.29, 1.82) is 0 Å². The summed E-state index contributed by atoms with van der Waals surface area (Å²) in [6, 6.07) is 3.33. The number of anilines is 1. The first-order valence-electron chi connectivity index (χ1n) is 13.2. The number of carbonyl (C=O) groups excluding carboxylic acids is 1. The normalized spacial score (nSPS) is 24.8. The highest BCUT2D eigenvalue weighted by atomic mass is 19.4. The average molecular weight is 538 g/mol. The maximum absolute atomic E-state index is 14.1. The number of aromatic nitrogens is 4. The first-order chi connectivity index (χ1) is 18.2. The van der Waals surface area contributed by atoms with Gasteiger partial charge in [0.25, 0.3) is 5.91 Å². The van der Waals surface area contributed by atoms with Crippen LogP contribution in [-0.2, 0) is 13.6 Å². The molecule has 10 nitrogen and oxygen atoms in total. The van der Waals surface area contributed by atoms with Crippen molar-refractivity contribution in [1.82, 2.24) is 40.6 Å². The minimum atomic E-state index is -4.39. The molecule has 2 aliphatic rings. The smallest absolute Gasteiger partial charge is 0.363 e.